The van der Waals surface area contributed by atoms with Gasteiger partial charge in [-0.1, -0.05) is 6.07 Å². The Kier molecular flexibility index (Phi) is 5.17. The van der Waals surface area contributed by atoms with Crippen LogP contribution in [0.4, 0.5) is 16.0 Å². The van der Waals surface area contributed by atoms with Crippen LogP contribution in [0.5, 0.6) is 0 Å². The third kappa shape index (κ3) is 3.69. The summed E-state index contributed by atoms with van der Waals surface area (Å²) in [6, 6.07) is 11.2. The molecule has 1 spiro atoms. The molecule has 0 atom stereocenters. The van der Waals surface area contributed by atoms with Crippen molar-refractivity contribution >= 4 is 22.7 Å². The molecule has 2 N–H and O–H groups in total. The fraction of sp³-hybridized carbons (Fsp3) is 0.370. The van der Waals surface area contributed by atoms with Crippen LogP contribution in [-0.4, -0.2) is 30.9 Å². The zero-order chi connectivity index (χ0) is 25.9. The molecule has 3 aromatic heterocycles. The molecule has 1 aliphatic heterocycles. The number of aromatic nitrogens is 5. The molecule has 0 bridgehead atoms. The number of pyridine rings is 1. The molecule has 188 valence electrons. The van der Waals surface area contributed by atoms with Crippen LogP contribution in [0.15, 0.2) is 41.3 Å². The minimum atomic E-state index is -0.940. The van der Waals surface area contributed by atoms with Crippen LogP contribution in [0, 0.1) is 17.1 Å². The lowest BCUT2D eigenvalue weighted by molar-refractivity contribution is 0.527. The summed E-state index contributed by atoms with van der Waals surface area (Å²) >= 11 is 0. The SMILES string of the molecule is CCn1c(=O)c2cnc(Nc3ccc4c(c3)CNCC43CC3)nc2n1-c1nc(C(C)(C)C#N)ccc1F. The van der Waals surface area contributed by atoms with Crippen molar-refractivity contribution in [1.29, 1.82) is 5.26 Å². The molecule has 0 amide bonds. The predicted octanol–water partition coefficient (Wildman–Crippen LogP) is 3.82. The van der Waals surface area contributed by atoms with Gasteiger partial charge >= 0.3 is 0 Å². The van der Waals surface area contributed by atoms with E-state index in [1.807, 2.05) is 6.07 Å². The minimum Gasteiger partial charge on any atom is -0.324 e. The number of hydrogen-bond donors (Lipinski definition) is 2. The fourth-order valence-corrected chi connectivity index (χ4v) is 5.17. The summed E-state index contributed by atoms with van der Waals surface area (Å²) in [5.41, 5.74) is 3.13. The second-order valence-electron chi connectivity index (χ2n) is 10.4. The Labute approximate surface area is 213 Å². The molecule has 1 aliphatic carbocycles. The van der Waals surface area contributed by atoms with Gasteiger partial charge in [-0.3, -0.25) is 4.79 Å². The van der Waals surface area contributed by atoms with E-state index in [0.29, 0.717) is 5.69 Å². The molecule has 10 heteroatoms. The first-order valence-corrected chi connectivity index (χ1v) is 12.4. The second-order valence-corrected chi connectivity index (χ2v) is 10.4. The first kappa shape index (κ1) is 23.3. The van der Waals surface area contributed by atoms with Crippen molar-refractivity contribution in [3.63, 3.8) is 0 Å². The monoisotopic (exact) mass is 498 g/mol. The van der Waals surface area contributed by atoms with Gasteiger partial charge in [0.2, 0.25) is 5.95 Å². The van der Waals surface area contributed by atoms with E-state index in [1.165, 1.54) is 51.7 Å². The summed E-state index contributed by atoms with van der Waals surface area (Å²) in [5, 5.41) is 16.6. The number of hydrogen-bond acceptors (Lipinski definition) is 7. The lowest BCUT2D eigenvalue weighted by Gasteiger charge is -2.26. The Morgan fingerprint density at radius 3 is 2.78 bits per heavy atom. The molecule has 2 aliphatic rings. The number of benzene rings is 1. The molecule has 1 aromatic carbocycles. The summed E-state index contributed by atoms with van der Waals surface area (Å²) in [7, 11) is 0. The van der Waals surface area contributed by atoms with Crippen molar-refractivity contribution in [2.75, 3.05) is 11.9 Å². The normalized spacial score (nSPS) is 16.0. The Morgan fingerprint density at radius 2 is 2.05 bits per heavy atom. The molecular weight excluding hydrogens is 471 g/mol. The van der Waals surface area contributed by atoms with Crippen LogP contribution < -0.4 is 16.2 Å². The van der Waals surface area contributed by atoms with E-state index >= 15 is 4.39 Å². The molecule has 0 saturated heterocycles. The van der Waals surface area contributed by atoms with Crippen molar-refractivity contribution in [2.24, 2.45) is 0 Å². The maximum Gasteiger partial charge on any atom is 0.278 e. The number of halogens is 1. The quantitative estimate of drug-likeness (QED) is 0.430. The Balaban J connectivity index is 1.45. The van der Waals surface area contributed by atoms with Gasteiger partial charge in [0.25, 0.3) is 5.56 Å². The standard InChI is InChI=1S/C27H27FN8O/c1-4-35-24(37)18-13-31-25(32-17-5-6-19-16(11-17)12-30-15-27(19)9-10-27)34-22(18)36(35)23-20(28)7-8-21(33-23)26(2,3)14-29/h5-8,11,13,30H,4,9-10,12,15H2,1-3H3,(H,31,32,34). The highest BCUT2D eigenvalue weighted by Crippen LogP contribution is 2.50. The number of rotatable bonds is 5. The highest BCUT2D eigenvalue weighted by molar-refractivity contribution is 5.77. The van der Waals surface area contributed by atoms with Gasteiger partial charge in [0.1, 0.15) is 5.39 Å². The first-order valence-electron chi connectivity index (χ1n) is 12.4. The third-order valence-corrected chi connectivity index (χ3v) is 7.49. The molecule has 0 unspecified atom stereocenters. The van der Waals surface area contributed by atoms with Crippen molar-refractivity contribution in [2.45, 2.75) is 57.5 Å². The van der Waals surface area contributed by atoms with E-state index in [1.54, 1.807) is 20.8 Å². The van der Waals surface area contributed by atoms with Crippen LogP contribution >= 0.6 is 0 Å². The molecule has 9 nitrogen and oxygen atoms in total. The second kappa shape index (κ2) is 8.21. The summed E-state index contributed by atoms with van der Waals surface area (Å²) in [6.45, 7) is 7.31. The highest BCUT2D eigenvalue weighted by Gasteiger charge is 2.46. The van der Waals surface area contributed by atoms with Gasteiger partial charge in [-0.2, -0.15) is 10.2 Å². The van der Waals surface area contributed by atoms with Crippen molar-refractivity contribution in [3.05, 3.63) is 69.5 Å². The van der Waals surface area contributed by atoms with Crippen LogP contribution in [0.1, 0.15) is 50.4 Å². The zero-order valence-electron chi connectivity index (χ0n) is 21.0. The average molecular weight is 499 g/mol. The van der Waals surface area contributed by atoms with Gasteiger partial charge in [-0.15, -0.1) is 0 Å². The Bertz CT molecular complexity index is 1660. The maximum absolute atomic E-state index is 15.1. The molecule has 37 heavy (non-hydrogen) atoms. The van der Waals surface area contributed by atoms with E-state index in [4.69, 9.17) is 0 Å². The van der Waals surface area contributed by atoms with Crippen molar-refractivity contribution < 1.29 is 4.39 Å². The smallest absolute Gasteiger partial charge is 0.278 e. The van der Waals surface area contributed by atoms with Crippen LogP contribution in [0.2, 0.25) is 0 Å². The van der Waals surface area contributed by atoms with Crippen LogP contribution in [0.3, 0.4) is 0 Å². The van der Waals surface area contributed by atoms with E-state index in [-0.39, 0.29) is 40.3 Å². The average Bonchev–Trinajstić information content (AvgIpc) is 3.61. The summed E-state index contributed by atoms with van der Waals surface area (Å²) in [6.07, 6.45) is 3.88. The largest absolute Gasteiger partial charge is 0.324 e. The van der Waals surface area contributed by atoms with Gasteiger partial charge in [0, 0.05) is 36.9 Å². The third-order valence-electron chi connectivity index (χ3n) is 7.49. The number of nitrogens with one attached hydrogen (secondary N) is 2. The number of nitrogens with zero attached hydrogens (tertiary/aromatic N) is 6. The topological polar surface area (TPSA) is 113 Å². The van der Waals surface area contributed by atoms with E-state index < -0.39 is 11.2 Å². The lowest BCUT2D eigenvalue weighted by atomic mass is 9.88. The van der Waals surface area contributed by atoms with Gasteiger partial charge in [-0.05, 0) is 69.0 Å². The Morgan fingerprint density at radius 1 is 1.24 bits per heavy atom. The highest BCUT2D eigenvalue weighted by atomic mass is 19.1. The van der Waals surface area contributed by atoms with Crippen LogP contribution in [-0.2, 0) is 23.9 Å². The molecule has 0 radical (unpaired) electrons. The maximum atomic E-state index is 15.1. The Hall–Kier alpha value is -4.10. The summed E-state index contributed by atoms with van der Waals surface area (Å²) < 4.78 is 17.9. The number of fused-ring (bicyclic) bond motifs is 3. The molecule has 1 saturated carbocycles. The van der Waals surface area contributed by atoms with Crippen LogP contribution in [0.25, 0.3) is 16.9 Å². The van der Waals surface area contributed by atoms with Gasteiger partial charge < -0.3 is 10.6 Å². The zero-order valence-corrected chi connectivity index (χ0v) is 21.0. The number of anilines is 2. The molecule has 4 aromatic rings. The minimum absolute atomic E-state index is 0.0889. The van der Waals surface area contributed by atoms with E-state index in [9.17, 15) is 10.1 Å². The van der Waals surface area contributed by atoms with Gasteiger partial charge in [0.15, 0.2) is 17.3 Å². The molecule has 4 heterocycles. The summed E-state index contributed by atoms with van der Waals surface area (Å²) in [4.78, 5) is 26.6. The van der Waals surface area contributed by atoms with E-state index in [0.717, 1.165) is 18.8 Å². The molecule has 1 fully saturated rings. The number of nitriles is 1. The summed E-state index contributed by atoms with van der Waals surface area (Å²) in [5.74, 6) is -0.428. The molecular formula is C27H27FN8O. The van der Waals surface area contributed by atoms with E-state index in [2.05, 4.69) is 43.8 Å². The van der Waals surface area contributed by atoms with Gasteiger partial charge in [-0.25, -0.2) is 23.7 Å². The predicted molar refractivity (Wildman–Crippen MR) is 138 cm³/mol. The fourth-order valence-electron chi connectivity index (χ4n) is 5.17. The van der Waals surface area contributed by atoms with Crippen molar-refractivity contribution in [1.82, 2.24) is 29.6 Å². The first-order chi connectivity index (χ1) is 17.8. The van der Waals surface area contributed by atoms with Gasteiger partial charge in [0.05, 0.1) is 17.2 Å². The molecule has 6 rings (SSSR count). The van der Waals surface area contributed by atoms with Crippen molar-refractivity contribution in [3.8, 4) is 11.9 Å². The lowest BCUT2D eigenvalue weighted by Crippen LogP contribution is -2.33.